The molecule has 1 aromatic rings. The van der Waals surface area contributed by atoms with Crippen LogP contribution in [0.1, 0.15) is 47.5 Å². The average Bonchev–Trinajstić information content (AvgIpc) is 2.61. The van der Waals surface area contributed by atoms with Crippen LogP contribution in [0.5, 0.6) is 0 Å². The van der Waals surface area contributed by atoms with Crippen molar-refractivity contribution in [3.63, 3.8) is 0 Å². The monoisotopic (exact) mass is 328 g/mol. The fraction of sp³-hybridized carbons (Fsp3) is 0.625. The third-order valence-corrected chi connectivity index (χ3v) is 5.46. The average molecular weight is 328 g/mol. The van der Waals surface area contributed by atoms with Crippen molar-refractivity contribution in [1.82, 2.24) is 0 Å². The topological polar surface area (TPSA) is 18.5 Å². The highest BCUT2D eigenvalue weighted by Crippen LogP contribution is 2.37. The lowest BCUT2D eigenvalue weighted by Gasteiger charge is -2.32. The highest BCUT2D eigenvalue weighted by atomic mass is 32.2. The molecule has 0 spiro atoms. The van der Waals surface area contributed by atoms with Crippen molar-refractivity contribution in [2.45, 2.75) is 63.6 Å². The summed E-state index contributed by atoms with van der Waals surface area (Å²) in [6.07, 6.45) is 1.94. The van der Waals surface area contributed by atoms with Crippen LogP contribution in [0.2, 0.25) is 0 Å². The Kier molecular flexibility index (Phi) is 5.25. The Morgan fingerprint density at radius 1 is 1.05 bits per heavy atom. The van der Waals surface area contributed by atoms with Crippen LogP contribution >= 0.6 is 11.8 Å². The van der Waals surface area contributed by atoms with E-state index in [0.717, 1.165) is 12.8 Å². The largest absolute Gasteiger partial charge is 0.495 e. The summed E-state index contributed by atoms with van der Waals surface area (Å²) in [5, 5.41) is 0. The summed E-state index contributed by atoms with van der Waals surface area (Å²) >= 11 is 1.22. The molecule has 0 saturated carbocycles. The fourth-order valence-corrected chi connectivity index (χ4v) is 3.18. The van der Waals surface area contributed by atoms with Gasteiger partial charge in [0, 0.05) is 0 Å². The van der Waals surface area contributed by atoms with E-state index in [2.05, 4.69) is 6.92 Å². The highest BCUT2D eigenvalue weighted by Gasteiger charge is 2.51. The van der Waals surface area contributed by atoms with E-state index in [1.54, 1.807) is 0 Å². The molecular formula is C16H23BF2O2S. The lowest BCUT2D eigenvalue weighted by atomic mass is 9.79. The third-order valence-electron chi connectivity index (χ3n) is 4.29. The highest BCUT2D eigenvalue weighted by molar-refractivity contribution is 7.99. The number of thioether (sulfide) groups is 1. The molecule has 1 aliphatic rings. The van der Waals surface area contributed by atoms with E-state index >= 15 is 0 Å². The predicted octanol–water partition coefficient (Wildman–Crippen LogP) is 4.16. The molecule has 1 aliphatic heterocycles. The Morgan fingerprint density at radius 2 is 1.55 bits per heavy atom. The maximum Gasteiger partial charge on any atom is 0.495 e. The Morgan fingerprint density at radius 3 is 2.00 bits per heavy atom. The van der Waals surface area contributed by atoms with Gasteiger partial charge in [-0.3, -0.25) is 0 Å². The molecule has 1 heterocycles. The van der Waals surface area contributed by atoms with Crippen molar-refractivity contribution in [1.29, 1.82) is 0 Å². The Balaban J connectivity index is 2.21. The lowest BCUT2D eigenvalue weighted by molar-refractivity contribution is 0.00578. The molecule has 2 rings (SSSR count). The van der Waals surface area contributed by atoms with E-state index in [-0.39, 0.29) is 4.90 Å². The maximum absolute atomic E-state index is 14.2. The molecule has 2 nitrogen and oxygen atoms in total. The molecule has 0 amide bonds. The van der Waals surface area contributed by atoms with E-state index in [1.807, 2.05) is 27.7 Å². The van der Waals surface area contributed by atoms with Gasteiger partial charge in [-0.1, -0.05) is 13.3 Å². The van der Waals surface area contributed by atoms with Gasteiger partial charge in [-0.05, 0) is 57.5 Å². The third kappa shape index (κ3) is 3.49. The van der Waals surface area contributed by atoms with Crippen LogP contribution < -0.4 is 5.46 Å². The summed E-state index contributed by atoms with van der Waals surface area (Å²) in [4.78, 5) is 0.0775. The zero-order chi connectivity index (χ0) is 16.5. The normalized spacial score (nSPS) is 19.7. The maximum atomic E-state index is 14.2. The quantitative estimate of drug-likeness (QED) is 0.459. The molecule has 0 atom stereocenters. The minimum Gasteiger partial charge on any atom is -0.399 e. The molecule has 122 valence electrons. The first-order chi connectivity index (χ1) is 10.2. The number of rotatable bonds is 5. The molecule has 0 aromatic heterocycles. The van der Waals surface area contributed by atoms with E-state index in [0.29, 0.717) is 11.2 Å². The first-order valence-electron chi connectivity index (χ1n) is 7.65. The van der Waals surface area contributed by atoms with Crippen LogP contribution in [0.15, 0.2) is 17.0 Å². The summed E-state index contributed by atoms with van der Waals surface area (Å²) in [5.41, 5.74) is -0.674. The van der Waals surface area contributed by atoms with Crippen molar-refractivity contribution in [2.75, 3.05) is 5.75 Å². The predicted molar refractivity (Wildman–Crippen MR) is 87.7 cm³/mol. The molecular weight excluding hydrogens is 305 g/mol. The van der Waals surface area contributed by atoms with Crippen molar-refractivity contribution >= 4 is 24.3 Å². The minimum atomic E-state index is -0.747. The zero-order valence-corrected chi connectivity index (χ0v) is 14.7. The summed E-state index contributed by atoms with van der Waals surface area (Å²) in [5.74, 6) is -0.392. The van der Waals surface area contributed by atoms with Gasteiger partial charge in [0.1, 0.15) is 11.6 Å². The van der Waals surface area contributed by atoms with Crippen LogP contribution in [0, 0.1) is 11.6 Å². The smallest absolute Gasteiger partial charge is 0.399 e. The van der Waals surface area contributed by atoms with Crippen LogP contribution in [0.4, 0.5) is 8.78 Å². The zero-order valence-electron chi connectivity index (χ0n) is 13.8. The van der Waals surface area contributed by atoms with E-state index < -0.39 is 30.0 Å². The molecule has 1 aromatic carbocycles. The fourth-order valence-electron chi connectivity index (χ4n) is 2.15. The standard InChI is InChI=1S/C16H23BF2O2S/c1-6-7-8-22-14-12(18)9-11(10-13(14)19)17-20-15(2,3)16(4,5)21-17/h9-10H,6-8H2,1-5H3. The molecule has 1 saturated heterocycles. The lowest BCUT2D eigenvalue weighted by Crippen LogP contribution is -2.41. The molecule has 0 N–H and O–H groups in total. The first kappa shape index (κ1) is 17.8. The molecule has 0 bridgehead atoms. The SMILES string of the molecule is CCCCSc1c(F)cc(B2OC(C)(C)C(C)(C)O2)cc1F. The van der Waals surface area contributed by atoms with Gasteiger partial charge < -0.3 is 9.31 Å². The molecule has 1 fully saturated rings. The van der Waals surface area contributed by atoms with Crippen LogP contribution in [0.25, 0.3) is 0 Å². The summed E-state index contributed by atoms with van der Waals surface area (Å²) in [6.45, 7) is 9.70. The molecule has 0 unspecified atom stereocenters. The van der Waals surface area contributed by atoms with Crippen molar-refractivity contribution in [2.24, 2.45) is 0 Å². The molecule has 22 heavy (non-hydrogen) atoms. The molecule has 0 aliphatic carbocycles. The second-order valence-electron chi connectivity index (χ2n) is 6.60. The Hall–Kier alpha value is -0.585. The van der Waals surface area contributed by atoms with E-state index in [1.165, 1.54) is 23.9 Å². The molecule has 0 radical (unpaired) electrons. The first-order valence-corrected chi connectivity index (χ1v) is 8.64. The van der Waals surface area contributed by atoms with Crippen molar-refractivity contribution < 1.29 is 18.1 Å². The number of hydrogen-bond acceptors (Lipinski definition) is 3. The Bertz CT molecular complexity index is 510. The van der Waals surface area contributed by atoms with Gasteiger partial charge in [0.2, 0.25) is 0 Å². The summed E-state index contributed by atoms with van der Waals surface area (Å²) < 4.78 is 40.1. The number of unbranched alkanes of at least 4 members (excludes halogenated alkanes) is 1. The van der Waals surface area contributed by atoms with Crippen molar-refractivity contribution in [3.05, 3.63) is 23.8 Å². The van der Waals surface area contributed by atoms with Gasteiger partial charge in [-0.15, -0.1) is 11.8 Å². The van der Waals surface area contributed by atoms with Gasteiger partial charge in [0.15, 0.2) is 0 Å². The van der Waals surface area contributed by atoms with Gasteiger partial charge >= 0.3 is 7.12 Å². The molecule has 6 heteroatoms. The number of hydrogen-bond donors (Lipinski definition) is 0. The second kappa shape index (κ2) is 6.50. The van der Waals surface area contributed by atoms with Crippen molar-refractivity contribution in [3.8, 4) is 0 Å². The van der Waals surface area contributed by atoms with Gasteiger partial charge in [0.05, 0.1) is 16.1 Å². The number of benzene rings is 1. The van der Waals surface area contributed by atoms with Gasteiger partial charge in [-0.2, -0.15) is 0 Å². The summed E-state index contributed by atoms with van der Waals surface area (Å²) in [7, 11) is -0.747. The van der Waals surface area contributed by atoms with Gasteiger partial charge in [-0.25, -0.2) is 8.78 Å². The van der Waals surface area contributed by atoms with Crippen LogP contribution in [-0.4, -0.2) is 24.1 Å². The van der Waals surface area contributed by atoms with Crippen LogP contribution in [0.3, 0.4) is 0 Å². The van der Waals surface area contributed by atoms with E-state index in [9.17, 15) is 8.78 Å². The number of halogens is 2. The Labute approximate surface area is 136 Å². The van der Waals surface area contributed by atoms with Crippen LogP contribution in [-0.2, 0) is 9.31 Å². The summed E-state index contributed by atoms with van der Waals surface area (Å²) in [6, 6.07) is 2.64. The van der Waals surface area contributed by atoms with Gasteiger partial charge in [0.25, 0.3) is 0 Å². The second-order valence-corrected chi connectivity index (χ2v) is 7.71. The van der Waals surface area contributed by atoms with E-state index in [4.69, 9.17) is 9.31 Å². The minimum absolute atomic E-state index is 0.0775.